The zero-order valence-electron chi connectivity index (χ0n) is 10.7. The van der Waals surface area contributed by atoms with Gasteiger partial charge in [-0.2, -0.15) is 13.2 Å². The standard InChI is InChI=1S/C14H8ClF4NO2/c15-10-5-8(14(17,18)19)6-11(16)12(10)22-9-3-1-2-7(4-9)13(20)21/h1-6H,(H2,20,21). The fourth-order valence-electron chi connectivity index (χ4n) is 1.65. The van der Waals surface area contributed by atoms with Crippen LogP contribution in [0.5, 0.6) is 11.5 Å². The molecule has 0 unspecified atom stereocenters. The lowest BCUT2D eigenvalue weighted by Gasteiger charge is -2.12. The summed E-state index contributed by atoms with van der Waals surface area (Å²) >= 11 is 5.64. The normalized spacial score (nSPS) is 11.3. The predicted octanol–water partition coefficient (Wildman–Crippen LogP) is 4.39. The van der Waals surface area contributed by atoms with E-state index in [-0.39, 0.29) is 17.4 Å². The van der Waals surface area contributed by atoms with Gasteiger partial charge in [0.15, 0.2) is 11.6 Å². The third-order valence-corrected chi connectivity index (χ3v) is 2.94. The summed E-state index contributed by atoms with van der Waals surface area (Å²) in [5, 5.41) is -0.545. The number of carbonyl (C=O) groups excluding carboxylic acids is 1. The van der Waals surface area contributed by atoms with Gasteiger partial charge in [-0.1, -0.05) is 17.7 Å². The first-order valence-electron chi connectivity index (χ1n) is 5.82. The quantitative estimate of drug-likeness (QED) is 0.847. The minimum atomic E-state index is -4.73. The van der Waals surface area contributed by atoms with E-state index in [0.717, 1.165) is 0 Å². The Hall–Kier alpha value is -2.28. The number of nitrogens with two attached hydrogens (primary N) is 1. The van der Waals surface area contributed by atoms with E-state index in [1.54, 1.807) is 0 Å². The molecule has 0 aliphatic carbocycles. The summed E-state index contributed by atoms with van der Waals surface area (Å²) in [6.45, 7) is 0. The lowest BCUT2D eigenvalue weighted by Crippen LogP contribution is -2.10. The van der Waals surface area contributed by atoms with Crippen LogP contribution < -0.4 is 10.5 Å². The molecular weight excluding hydrogens is 326 g/mol. The number of alkyl halides is 3. The summed E-state index contributed by atoms with van der Waals surface area (Å²) in [7, 11) is 0. The van der Waals surface area contributed by atoms with Crippen LogP contribution in [0.25, 0.3) is 0 Å². The van der Waals surface area contributed by atoms with Crippen LogP contribution in [-0.4, -0.2) is 5.91 Å². The predicted molar refractivity (Wildman–Crippen MR) is 71.4 cm³/mol. The maximum atomic E-state index is 13.8. The molecule has 2 rings (SSSR count). The number of rotatable bonds is 3. The summed E-state index contributed by atoms with van der Waals surface area (Å²) in [4.78, 5) is 11.0. The first-order valence-corrected chi connectivity index (χ1v) is 6.20. The second kappa shape index (κ2) is 5.84. The van der Waals surface area contributed by atoms with E-state index in [2.05, 4.69) is 0 Å². The van der Waals surface area contributed by atoms with Gasteiger partial charge in [0.2, 0.25) is 5.91 Å². The Balaban J connectivity index is 2.38. The maximum absolute atomic E-state index is 13.8. The molecule has 0 aliphatic rings. The fraction of sp³-hybridized carbons (Fsp3) is 0.0714. The Morgan fingerprint density at radius 3 is 2.41 bits per heavy atom. The highest BCUT2D eigenvalue weighted by atomic mass is 35.5. The van der Waals surface area contributed by atoms with E-state index >= 15 is 0 Å². The lowest BCUT2D eigenvalue weighted by molar-refractivity contribution is -0.137. The van der Waals surface area contributed by atoms with Gasteiger partial charge < -0.3 is 10.5 Å². The Morgan fingerprint density at radius 2 is 1.86 bits per heavy atom. The van der Waals surface area contributed by atoms with Crippen molar-refractivity contribution in [2.24, 2.45) is 5.73 Å². The molecule has 0 saturated carbocycles. The topological polar surface area (TPSA) is 52.3 Å². The highest BCUT2D eigenvalue weighted by molar-refractivity contribution is 6.32. The highest BCUT2D eigenvalue weighted by Crippen LogP contribution is 2.38. The van der Waals surface area contributed by atoms with Gasteiger partial charge in [0.05, 0.1) is 10.6 Å². The van der Waals surface area contributed by atoms with Crippen LogP contribution in [0.15, 0.2) is 36.4 Å². The monoisotopic (exact) mass is 333 g/mol. The molecule has 0 saturated heterocycles. The van der Waals surface area contributed by atoms with Gasteiger partial charge in [-0.3, -0.25) is 4.79 Å². The fourth-order valence-corrected chi connectivity index (χ4v) is 1.90. The van der Waals surface area contributed by atoms with E-state index < -0.39 is 34.2 Å². The van der Waals surface area contributed by atoms with Gasteiger partial charge in [-0.05, 0) is 30.3 Å². The Labute approximate surface area is 127 Å². The van der Waals surface area contributed by atoms with Crippen LogP contribution in [0.2, 0.25) is 5.02 Å². The molecule has 0 aliphatic heterocycles. The average Bonchev–Trinajstić information content (AvgIpc) is 2.42. The molecule has 0 radical (unpaired) electrons. The summed E-state index contributed by atoms with van der Waals surface area (Å²) in [5.74, 6) is -2.57. The van der Waals surface area contributed by atoms with Crippen LogP contribution in [0.4, 0.5) is 17.6 Å². The van der Waals surface area contributed by atoms with Gasteiger partial charge in [-0.15, -0.1) is 0 Å². The molecule has 0 fully saturated rings. The second-order valence-electron chi connectivity index (χ2n) is 4.26. The third kappa shape index (κ3) is 3.48. The summed E-state index contributed by atoms with van der Waals surface area (Å²) in [5.41, 5.74) is 3.95. The van der Waals surface area contributed by atoms with Crippen molar-refractivity contribution in [2.45, 2.75) is 6.18 Å². The number of carbonyl (C=O) groups is 1. The molecule has 22 heavy (non-hydrogen) atoms. The van der Waals surface area contributed by atoms with Crippen molar-refractivity contribution in [1.82, 2.24) is 0 Å². The number of halogens is 5. The highest BCUT2D eigenvalue weighted by Gasteiger charge is 2.32. The smallest absolute Gasteiger partial charge is 0.416 e. The van der Waals surface area contributed by atoms with Crippen molar-refractivity contribution < 1.29 is 27.1 Å². The molecule has 0 heterocycles. The van der Waals surface area contributed by atoms with Gasteiger partial charge in [0, 0.05) is 5.56 Å². The lowest BCUT2D eigenvalue weighted by atomic mass is 10.2. The Bertz CT molecular complexity index is 708. The number of amides is 1. The molecule has 1 amide bonds. The minimum Gasteiger partial charge on any atom is -0.453 e. The molecule has 2 aromatic rings. The first-order chi connectivity index (χ1) is 10.2. The van der Waals surface area contributed by atoms with Crippen molar-refractivity contribution in [3.63, 3.8) is 0 Å². The van der Waals surface area contributed by atoms with Gasteiger partial charge >= 0.3 is 6.18 Å². The van der Waals surface area contributed by atoms with Gasteiger partial charge in [-0.25, -0.2) is 4.39 Å². The van der Waals surface area contributed by atoms with Gasteiger partial charge in [0.25, 0.3) is 0 Å². The largest absolute Gasteiger partial charge is 0.453 e. The van der Waals surface area contributed by atoms with Crippen LogP contribution in [0.3, 0.4) is 0 Å². The zero-order chi connectivity index (χ0) is 16.5. The van der Waals surface area contributed by atoms with Crippen LogP contribution in [0.1, 0.15) is 15.9 Å². The average molecular weight is 334 g/mol. The van der Waals surface area contributed by atoms with E-state index in [1.165, 1.54) is 24.3 Å². The zero-order valence-corrected chi connectivity index (χ0v) is 11.5. The van der Waals surface area contributed by atoms with E-state index in [4.69, 9.17) is 22.1 Å². The van der Waals surface area contributed by atoms with Crippen LogP contribution >= 0.6 is 11.6 Å². The molecule has 0 bridgehead atoms. The summed E-state index contributed by atoms with van der Waals surface area (Å²) < 4.78 is 56.5. The Kier molecular flexibility index (Phi) is 4.27. The molecule has 3 nitrogen and oxygen atoms in total. The van der Waals surface area contributed by atoms with E-state index in [9.17, 15) is 22.4 Å². The van der Waals surface area contributed by atoms with Crippen molar-refractivity contribution in [3.05, 3.63) is 58.4 Å². The number of benzene rings is 2. The molecule has 8 heteroatoms. The summed E-state index contributed by atoms with van der Waals surface area (Å²) in [6, 6.07) is 6.25. The SMILES string of the molecule is NC(=O)c1cccc(Oc2c(F)cc(C(F)(F)F)cc2Cl)c1. The van der Waals surface area contributed by atoms with Crippen molar-refractivity contribution in [3.8, 4) is 11.5 Å². The molecule has 2 aromatic carbocycles. The molecule has 116 valence electrons. The molecule has 2 N–H and O–H groups in total. The van der Waals surface area contributed by atoms with Crippen molar-refractivity contribution in [1.29, 1.82) is 0 Å². The molecule has 0 spiro atoms. The van der Waals surface area contributed by atoms with Crippen molar-refractivity contribution >= 4 is 17.5 Å². The summed E-state index contributed by atoms with van der Waals surface area (Å²) in [6.07, 6.45) is -4.73. The number of hydrogen-bond donors (Lipinski definition) is 1. The van der Waals surface area contributed by atoms with E-state index in [1.807, 2.05) is 0 Å². The van der Waals surface area contributed by atoms with Crippen molar-refractivity contribution in [2.75, 3.05) is 0 Å². The number of primary amides is 1. The van der Waals surface area contributed by atoms with E-state index in [0.29, 0.717) is 6.07 Å². The molecule has 0 aromatic heterocycles. The van der Waals surface area contributed by atoms with Crippen LogP contribution in [0, 0.1) is 5.82 Å². The molecule has 0 atom stereocenters. The molecular formula is C14H8ClF4NO2. The number of hydrogen-bond acceptors (Lipinski definition) is 2. The second-order valence-corrected chi connectivity index (χ2v) is 4.67. The number of ether oxygens (including phenoxy) is 1. The maximum Gasteiger partial charge on any atom is 0.416 e. The minimum absolute atomic E-state index is 0.0110. The third-order valence-electron chi connectivity index (χ3n) is 2.66. The Morgan fingerprint density at radius 1 is 1.18 bits per heavy atom. The van der Waals surface area contributed by atoms with Gasteiger partial charge in [0.1, 0.15) is 5.75 Å². The first kappa shape index (κ1) is 16.1. The van der Waals surface area contributed by atoms with Crippen LogP contribution in [-0.2, 0) is 6.18 Å².